The van der Waals surface area contributed by atoms with E-state index in [0.29, 0.717) is 6.10 Å². The molecule has 0 radical (unpaired) electrons. The van der Waals surface area contributed by atoms with Crippen molar-refractivity contribution >= 4 is 0 Å². The van der Waals surface area contributed by atoms with E-state index in [4.69, 9.17) is 4.74 Å². The fraction of sp³-hybridized carbons (Fsp3) is 1.00. The van der Waals surface area contributed by atoms with E-state index in [0.717, 1.165) is 25.1 Å². The predicted octanol–water partition coefficient (Wildman–Crippen LogP) is 1.53. The second kappa shape index (κ2) is 6.58. The van der Waals surface area contributed by atoms with Gasteiger partial charge in [-0.1, -0.05) is 0 Å². The van der Waals surface area contributed by atoms with E-state index in [9.17, 15) is 0 Å². The summed E-state index contributed by atoms with van der Waals surface area (Å²) >= 11 is 0. The van der Waals surface area contributed by atoms with Crippen molar-refractivity contribution in [3.05, 3.63) is 0 Å². The van der Waals surface area contributed by atoms with E-state index in [1.807, 2.05) is 0 Å². The Morgan fingerprint density at radius 2 is 1.88 bits per heavy atom. The van der Waals surface area contributed by atoms with Gasteiger partial charge in [-0.15, -0.1) is 0 Å². The molecular formula is C13H26N2O. The first kappa shape index (κ1) is 12.3. The van der Waals surface area contributed by atoms with Gasteiger partial charge in [-0.3, -0.25) is 0 Å². The molecule has 2 rings (SSSR count). The zero-order valence-electron chi connectivity index (χ0n) is 10.5. The Bertz CT molecular complexity index is 184. The van der Waals surface area contributed by atoms with E-state index < -0.39 is 0 Å². The molecule has 0 aromatic carbocycles. The average molecular weight is 226 g/mol. The summed E-state index contributed by atoms with van der Waals surface area (Å²) in [5, 5.41) is 6.97. The molecule has 1 aliphatic heterocycles. The molecule has 1 saturated carbocycles. The summed E-state index contributed by atoms with van der Waals surface area (Å²) in [5.41, 5.74) is 0. The minimum atomic E-state index is 0.494. The molecule has 1 atom stereocenters. The minimum absolute atomic E-state index is 0.494. The molecule has 1 saturated heterocycles. The van der Waals surface area contributed by atoms with Crippen molar-refractivity contribution in [3.8, 4) is 0 Å². The highest BCUT2D eigenvalue weighted by Crippen LogP contribution is 2.23. The Morgan fingerprint density at radius 3 is 2.50 bits per heavy atom. The van der Waals surface area contributed by atoms with Crippen LogP contribution in [0.25, 0.3) is 0 Å². The molecular weight excluding hydrogens is 200 g/mol. The third-order valence-electron chi connectivity index (χ3n) is 4.08. The van der Waals surface area contributed by atoms with Crippen molar-refractivity contribution in [1.82, 2.24) is 10.6 Å². The van der Waals surface area contributed by atoms with E-state index in [1.54, 1.807) is 0 Å². The number of hydrogen-bond acceptors (Lipinski definition) is 3. The molecule has 94 valence electrons. The van der Waals surface area contributed by atoms with Gasteiger partial charge in [-0.2, -0.15) is 0 Å². The Kier molecular flexibility index (Phi) is 5.07. The summed E-state index contributed by atoms with van der Waals surface area (Å²) in [7, 11) is 2.08. The Morgan fingerprint density at radius 1 is 1.06 bits per heavy atom. The first-order chi connectivity index (χ1) is 7.88. The number of nitrogens with one attached hydrogen (secondary N) is 2. The van der Waals surface area contributed by atoms with Gasteiger partial charge in [0.1, 0.15) is 0 Å². The maximum atomic E-state index is 5.60. The van der Waals surface area contributed by atoms with Crippen LogP contribution in [0, 0.1) is 5.92 Å². The lowest BCUT2D eigenvalue weighted by Crippen LogP contribution is -2.35. The first-order valence-electron chi connectivity index (χ1n) is 6.88. The highest BCUT2D eigenvalue weighted by atomic mass is 16.5. The molecule has 3 nitrogen and oxygen atoms in total. The normalized spacial score (nSPS) is 35.4. The monoisotopic (exact) mass is 226 g/mol. The van der Waals surface area contributed by atoms with Gasteiger partial charge >= 0.3 is 0 Å². The number of ether oxygens (including phenoxy) is 1. The maximum Gasteiger partial charge on any atom is 0.0700 e. The predicted molar refractivity (Wildman–Crippen MR) is 66.6 cm³/mol. The average Bonchev–Trinajstić information content (AvgIpc) is 2.83. The third-order valence-corrected chi connectivity index (χ3v) is 4.08. The lowest BCUT2D eigenvalue weighted by atomic mass is 9.86. The van der Waals surface area contributed by atoms with Gasteiger partial charge in [-0.05, 0) is 58.0 Å². The van der Waals surface area contributed by atoms with Crippen LogP contribution in [0.4, 0.5) is 0 Å². The molecule has 2 fully saturated rings. The van der Waals surface area contributed by atoms with Crippen molar-refractivity contribution in [2.45, 2.75) is 50.7 Å². The number of hydrogen-bond donors (Lipinski definition) is 2. The van der Waals surface area contributed by atoms with Crippen molar-refractivity contribution in [3.63, 3.8) is 0 Å². The quantitative estimate of drug-likeness (QED) is 0.746. The summed E-state index contributed by atoms with van der Waals surface area (Å²) in [6.07, 6.45) is 8.45. The fourth-order valence-corrected chi connectivity index (χ4v) is 2.91. The van der Waals surface area contributed by atoms with Gasteiger partial charge in [0.15, 0.2) is 0 Å². The molecule has 1 heterocycles. The van der Waals surface area contributed by atoms with Gasteiger partial charge in [0.05, 0.1) is 6.10 Å². The standard InChI is InChI=1S/C13H26N2O/c1-14-12-6-4-11(5-7-12)9-15-10-13-3-2-8-16-13/h11-15H,2-10H2,1H3. The Labute approximate surface area is 99.3 Å². The van der Waals surface area contributed by atoms with Crippen LogP contribution >= 0.6 is 0 Å². The molecule has 0 amide bonds. The van der Waals surface area contributed by atoms with Crippen molar-refractivity contribution in [2.24, 2.45) is 5.92 Å². The van der Waals surface area contributed by atoms with Crippen LogP contribution < -0.4 is 10.6 Å². The van der Waals surface area contributed by atoms with Crippen molar-refractivity contribution < 1.29 is 4.74 Å². The van der Waals surface area contributed by atoms with Gasteiger partial charge in [-0.25, -0.2) is 0 Å². The summed E-state index contributed by atoms with van der Waals surface area (Å²) in [6, 6.07) is 0.773. The molecule has 2 N–H and O–H groups in total. The van der Waals surface area contributed by atoms with Crippen LogP contribution in [0.1, 0.15) is 38.5 Å². The molecule has 16 heavy (non-hydrogen) atoms. The Balaban J connectivity index is 1.53. The summed E-state index contributed by atoms with van der Waals surface area (Å²) in [4.78, 5) is 0. The minimum Gasteiger partial charge on any atom is -0.377 e. The smallest absolute Gasteiger partial charge is 0.0700 e. The molecule has 1 aliphatic carbocycles. The third kappa shape index (κ3) is 3.72. The molecule has 0 spiro atoms. The maximum absolute atomic E-state index is 5.60. The molecule has 0 aromatic rings. The zero-order chi connectivity index (χ0) is 11.2. The lowest BCUT2D eigenvalue weighted by Gasteiger charge is -2.28. The largest absolute Gasteiger partial charge is 0.377 e. The molecule has 2 aliphatic rings. The van der Waals surface area contributed by atoms with Crippen LogP contribution in [0.5, 0.6) is 0 Å². The summed E-state index contributed by atoms with van der Waals surface area (Å²) in [5.74, 6) is 0.894. The summed E-state index contributed by atoms with van der Waals surface area (Å²) in [6.45, 7) is 3.22. The topological polar surface area (TPSA) is 33.3 Å². The van der Waals surface area contributed by atoms with Crippen LogP contribution in [0.3, 0.4) is 0 Å². The van der Waals surface area contributed by atoms with Crippen LogP contribution in [-0.4, -0.2) is 38.9 Å². The van der Waals surface area contributed by atoms with Crippen molar-refractivity contribution in [2.75, 3.05) is 26.7 Å². The van der Waals surface area contributed by atoms with Gasteiger partial charge in [0, 0.05) is 19.2 Å². The van der Waals surface area contributed by atoms with Gasteiger partial charge < -0.3 is 15.4 Å². The number of rotatable bonds is 5. The first-order valence-corrected chi connectivity index (χ1v) is 6.88. The van der Waals surface area contributed by atoms with Gasteiger partial charge in [0.2, 0.25) is 0 Å². The van der Waals surface area contributed by atoms with E-state index in [2.05, 4.69) is 17.7 Å². The van der Waals surface area contributed by atoms with Crippen molar-refractivity contribution in [1.29, 1.82) is 0 Å². The van der Waals surface area contributed by atoms with E-state index in [1.165, 1.54) is 45.1 Å². The molecule has 0 bridgehead atoms. The van der Waals surface area contributed by atoms with E-state index in [-0.39, 0.29) is 0 Å². The van der Waals surface area contributed by atoms with Crippen LogP contribution in [0.2, 0.25) is 0 Å². The molecule has 1 unspecified atom stereocenters. The lowest BCUT2D eigenvalue weighted by molar-refractivity contribution is 0.108. The Hall–Kier alpha value is -0.120. The zero-order valence-corrected chi connectivity index (χ0v) is 10.5. The highest BCUT2D eigenvalue weighted by Gasteiger charge is 2.20. The molecule has 0 aromatic heterocycles. The molecule has 3 heteroatoms. The van der Waals surface area contributed by atoms with Crippen LogP contribution in [0.15, 0.2) is 0 Å². The second-order valence-electron chi connectivity index (χ2n) is 5.30. The van der Waals surface area contributed by atoms with Crippen LogP contribution in [-0.2, 0) is 4.74 Å². The summed E-state index contributed by atoms with van der Waals surface area (Å²) < 4.78 is 5.60. The SMILES string of the molecule is CNC1CCC(CNCC2CCCO2)CC1. The van der Waals surface area contributed by atoms with Gasteiger partial charge in [0.25, 0.3) is 0 Å². The van der Waals surface area contributed by atoms with E-state index >= 15 is 0 Å². The fourth-order valence-electron chi connectivity index (χ4n) is 2.91. The second-order valence-corrected chi connectivity index (χ2v) is 5.30. The highest BCUT2D eigenvalue weighted by molar-refractivity contribution is 4.78.